The van der Waals surface area contributed by atoms with Gasteiger partial charge < -0.3 is 20.1 Å². The molecule has 1 saturated heterocycles. The van der Waals surface area contributed by atoms with E-state index in [0.717, 1.165) is 44.0 Å². The number of amides is 2. The molecule has 2 aromatic rings. The maximum atomic E-state index is 13.1. The first-order valence-electron chi connectivity index (χ1n) is 11.6. The molecule has 7 nitrogen and oxygen atoms in total. The van der Waals surface area contributed by atoms with E-state index in [4.69, 9.17) is 9.47 Å². The molecule has 0 bridgehead atoms. The van der Waals surface area contributed by atoms with Crippen molar-refractivity contribution in [1.82, 2.24) is 15.5 Å². The predicted octanol–water partition coefficient (Wildman–Crippen LogP) is 3.34. The van der Waals surface area contributed by atoms with Crippen LogP contribution in [0.1, 0.15) is 35.2 Å². The van der Waals surface area contributed by atoms with Crippen LogP contribution in [0, 0.1) is 0 Å². The Morgan fingerprint density at radius 3 is 2.56 bits per heavy atom. The number of rotatable bonds is 11. The average molecular weight is 486 g/mol. The molecule has 2 amide bonds. The number of para-hydroxylation sites is 1. The summed E-state index contributed by atoms with van der Waals surface area (Å²) < 4.78 is 10.6. The van der Waals surface area contributed by atoms with Crippen LogP contribution in [-0.4, -0.2) is 68.1 Å². The second-order valence-corrected chi connectivity index (χ2v) is 9.40. The molecular formula is C26H35N3O4S. The van der Waals surface area contributed by atoms with Gasteiger partial charge in [-0.15, -0.1) is 0 Å². The zero-order valence-electron chi connectivity index (χ0n) is 20.2. The van der Waals surface area contributed by atoms with Crippen LogP contribution in [0.25, 0.3) is 0 Å². The van der Waals surface area contributed by atoms with Crippen molar-refractivity contribution >= 4 is 23.6 Å². The van der Waals surface area contributed by atoms with Gasteiger partial charge in [0.15, 0.2) is 0 Å². The summed E-state index contributed by atoms with van der Waals surface area (Å²) in [7, 11) is 3.21. The van der Waals surface area contributed by atoms with Crippen molar-refractivity contribution in [2.24, 2.45) is 0 Å². The van der Waals surface area contributed by atoms with Gasteiger partial charge in [0, 0.05) is 25.7 Å². The van der Waals surface area contributed by atoms with Gasteiger partial charge in [-0.1, -0.05) is 24.3 Å². The average Bonchev–Trinajstić information content (AvgIpc) is 2.87. The quantitative estimate of drug-likeness (QED) is 0.508. The summed E-state index contributed by atoms with van der Waals surface area (Å²) in [5, 5.41) is 6.09. The molecule has 2 aromatic carbocycles. The number of hydrogen-bond acceptors (Lipinski definition) is 6. The molecule has 0 saturated carbocycles. The highest BCUT2D eigenvalue weighted by atomic mass is 32.2. The van der Waals surface area contributed by atoms with Gasteiger partial charge in [-0.2, -0.15) is 11.8 Å². The number of likely N-dealkylation sites (tertiary alicyclic amines) is 1. The molecule has 0 aromatic heterocycles. The second-order valence-electron chi connectivity index (χ2n) is 8.42. The standard InChI is InChI=1S/C26H35N3O4S/c1-32-21-8-6-7-19(17-21)18-29-14-11-20(12-15-29)27-26(31)23(13-16-34-3)28-25(30)22-9-4-5-10-24(22)33-2/h4-10,17,20,23H,11-16,18H2,1-3H3,(H,27,31)(H,28,30). The lowest BCUT2D eigenvalue weighted by molar-refractivity contribution is -0.124. The van der Waals surface area contributed by atoms with Gasteiger partial charge in [0.2, 0.25) is 5.91 Å². The molecule has 1 aliphatic heterocycles. The highest BCUT2D eigenvalue weighted by molar-refractivity contribution is 7.98. The monoisotopic (exact) mass is 485 g/mol. The summed E-state index contributed by atoms with van der Waals surface area (Å²) in [6, 6.07) is 14.7. The van der Waals surface area contributed by atoms with Gasteiger partial charge in [-0.05, 0) is 61.1 Å². The maximum absolute atomic E-state index is 13.1. The highest BCUT2D eigenvalue weighted by Gasteiger charge is 2.26. The molecule has 0 aliphatic carbocycles. The van der Waals surface area contributed by atoms with Crippen LogP contribution >= 0.6 is 11.8 Å². The van der Waals surface area contributed by atoms with Gasteiger partial charge in [0.1, 0.15) is 17.5 Å². The molecule has 1 heterocycles. The molecule has 0 radical (unpaired) electrons. The SMILES string of the molecule is COc1cccc(CN2CCC(NC(=O)C(CCSC)NC(=O)c3ccccc3OC)CC2)c1. The van der Waals surface area contributed by atoms with E-state index in [0.29, 0.717) is 17.7 Å². The summed E-state index contributed by atoms with van der Waals surface area (Å²) in [6.45, 7) is 2.68. The summed E-state index contributed by atoms with van der Waals surface area (Å²) in [5.41, 5.74) is 1.65. The fourth-order valence-corrected chi connectivity index (χ4v) is 4.61. The fraction of sp³-hybridized carbons (Fsp3) is 0.462. The van der Waals surface area contributed by atoms with Gasteiger partial charge in [0.25, 0.3) is 5.91 Å². The van der Waals surface area contributed by atoms with Crippen molar-refractivity contribution in [2.45, 2.75) is 37.9 Å². The van der Waals surface area contributed by atoms with Gasteiger partial charge in [0.05, 0.1) is 19.8 Å². The van der Waals surface area contributed by atoms with Crippen LogP contribution in [0.3, 0.4) is 0 Å². The number of ether oxygens (including phenoxy) is 2. The Morgan fingerprint density at radius 2 is 1.85 bits per heavy atom. The van der Waals surface area contributed by atoms with E-state index < -0.39 is 6.04 Å². The molecule has 34 heavy (non-hydrogen) atoms. The third kappa shape index (κ3) is 7.40. The van der Waals surface area contributed by atoms with Crippen LogP contribution in [0.2, 0.25) is 0 Å². The number of methoxy groups -OCH3 is 2. The van der Waals surface area contributed by atoms with Crippen LogP contribution in [0.15, 0.2) is 48.5 Å². The molecule has 8 heteroatoms. The van der Waals surface area contributed by atoms with E-state index in [-0.39, 0.29) is 17.9 Å². The van der Waals surface area contributed by atoms with Crippen LogP contribution in [0.5, 0.6) is 11.5 Å². The second kappa shape index (κ2) is 13.2. The van der Waals surface area contributed by atoms with Crippen LogP contribution < -0.4 is 20.1 Å². The normalized spacial score (nSPS) is 15.4. The van der Waals surface area contributed by atoms with E-state index >= 15 is 0 Å². The van der Waals surface area contributed by atoms with E-state index in [1.54, 1.807) is 37.1 Å². The third-order valence-electron chi connectivity index (χ3n) is 6.06. The lowest BCUT2D eigenvalue weighted by Gasteiger charge is -2.33. The molecule has 1 atom stereocenters. The minimum atomic E-state index is -0.584. The predicted molar refractivity (Wildman–Crippen MR) is 137 cm³/mol. The van der Waals surface area contributed by atoms with E-state index in [1.165, 1.54) is 12.7 Å². The molecule has 1 aliphatic rings. The van der Waals surface area contributed by atoms with Gasteiger partial charge in [-0.25, -0.2) is 0 Å². The lowest BCUT2D eigenvalue weighted by Crippen LogP contribution is -2.52. The number of nitrogens with zero attached hydrogens (tertiary/aromatic N) is 1. The van der Waals surface area contributed by atoms with Gasteiger partial charge >= 0.3 is 0 Å². The Kier molecular flexibility index (Phi) is 10.1. The molecular weight excluding hydrogens is 450 g/mol. The summed E-state index contributed by atoms with van der Waals surface area (Å²) >= 11 is 1.66. The van der Waals surface area contributed by atoms with Crippen molar-refractivity contribution in [3.63, 3.8) is 0 Å². The van der Waals surface area contributed by atoms with Crippen LogP contribution in [-0.2, 0) is 11.3 Å². The Balaban J connectivity index is 1.53. The number of carbonyl (C=O) groups excluding carboxylic acids is 2. The largest absolute Gasteiger partial charge is 0.497 e. The van der Waals surface area contributed by atoms with Crippen molar-refractivity contribution < 1.29 is 19.1 Å². The first kappa shape index (κ1) is 25.9. The number of carbonyl (C=O) groups is 2. The number of hydrogen-bond donors (Lipinski definition) is 2. The first-order valence-corrected chi connectivity index (χ1v) is 13.0. The Hall–Kier alpha value is -2.71. The smallest absolute Gasteiger partial charge is 0.255 e. The van der Waals surface area contributed by atoms with Crippen molar-refractivity contribution in [1.29, 1.82) is 0 Å². The zero-order chi connectivity index (χ0) is 24.3. The third-order valence-corrected chi connectivity index (χ3v) is 6.70. The molecule has 184 valence electrons. The highest BCUT2D eigenvalue weighted by Crippen LogP contribution is 2.19. The van der Waals surface area contributed by atoms with Gasteiger partial charge in [-0.3, -0.25) is 14.5 Å². The molecule has 3 rings (SSSR count). The Bertz CT molecular complexity index is 947. The number of thioether (sulfide) groups is 1. The lowest BCUT2D eigenvalue weighted by atomic mass is 10.0. The molecule has 1 fully saturated rings. The topological polar surface area (TPSA) is 79.9 Å². The number of nitrogens with one attached hydrogen (secondary N) is 2. The number of benzene rings is 2. The van der Waals surface area contributed by atoms with Crippen molar-refractivity contribution in [2.75, 3.05) is 39.3 Å². The van der Waals surface area contributed by atoms with Crippen LogP contribution in [0.4, 0.5) is 0 Å². The fourth-order valence-electron chi connectivity index (χ4n) is 4.14. The molecule has 2 N–H and O–H groups in total. The number of piperidine rings is 1. The van der Waals surface area contributed by atoms with E-state index in [2.05, 4.69) is 27.7 Å². The zero-order valence-corrected chi connectivity index (χ0v) is 21.0. The molecule has 0 spiro atoms. The minimum Gasteiger partial charge on any atom is -0.497 e. The minimum absolute atomic E-state index is 0.106. The first-order chi connectivity index (χ1) is 16.5. The summed E-state index contributed by atoms with van der Waals surface area (Å²) in [6.07, 6.45) is 4.33. The van der Waals surface area contributed by atoms with E-state index in [1.807, 2.05) is 24.5 Å². The molecule has 1 unspecified atom stereocenters. The van der Waals surface area contributed by atoms with Crippen molar-refractivity contribution in [3.8, 4) is 11.5 Å². The van der Waals surface area contributed by atoms with E-state index in [9.17, 15) is 9.59 Å². The summed E-state index contributed by atoms with van der Waals surface area (Å²) in [5.74, 6) is 1.72. The Morgan fingerprint density at radius 1 is 1.09 bits per heavy atom. The Labute approximate surface area is 206 Å². The van der Waals surface area contributed by atoms with Crippen molar-refractivity contribution in [3.05, 3.63) is 59.7 Å². The maximum Gasteiger partial charge on any atom is 0.255 e. The summed E-state index contributed by atoms with van der Waals surface area (Å²) in [4.78, 5) is 28.3.